The average Bonchev–Trinajstić information content (AvgIpc) is 3.56. The van der Waals surface area contributed by atoms with Gasteiger partial charge in [0, 0.05) is 70.9 Å². The van der Waals surface area contributed by atoms with Gasteiger partial charge in [0.1, 0.15) is 24.7 Å². The molecule has 2 aromatic carbocycles. The van der Waals surface area contributed by atoms with Crippen molar-refractivity contribution in [1.82, 2.24) is 9.46 Å². The number of carbonyl (C=O) groups is 3. The molecule has 0 saturated carbocycles. The number of pyridine rings is 1. The fraction of sp³-hybridized carbons (Fsp3) is 0.278. The van der Waals surface area contributed by atoms with Crippen molar-refractivity contribution < 1.29 is 33.3 Å². The van der Waals surface area contributed by atoms with Gasteiger partial charge in [-0.25, -0.2) is 14.4 Å². The molecule has 242 valence electrons. The number of fused-ring (bicyclic) bond motifs is 2. The molecule has 10 nitrogen and oxygen atoms in total. The number of nitrogens with zero attached hydrogens (tertiary/aromatic N) is 3. The van der Waals surface area contributed by atoms with E-state index in [-0.39, 0.29) is 13.2 Å². The van der Waals surface area contributed by atoms with E-state index < -0.39 is 29.6 Å². The Morgan fingerprint density at radius 3 is 2.51 bits per heavy atom. The third-order valence-corrected chi connectivity index (χ3v) is 8.43. The zero-order chi connectivity index (χ0) is 33.7. The van der Waals surface area contributed by atoms with E-state index in [1.807, 2.05) is 49.4 Å². The first kappa shape index (κ1) is 33.1. The molecular formula is C36H38BN3O7. The van der Waals surface area contributed by atoms with E-state index in [0.717, 1.165) is 53.1 Å². The van der Waals surface area contributed by atoms with Gasteiger partial charge < -0.3 is 28.3 Å². The predicted molar refractivity (Wildman–Crippen MR) is 181 cm³/mol. The summed E-state index contributed by atoms with van der Waals surface area (Å²) in [5.74, 6) is -1.50. The number of esters is 3. The SMILES string of the molecule is C=CC(=O)OCC(COc1cc(N(CC)CC)ccc1C1(c2c(C)n(BC)c3ccccc23)OC(=O)c2cccnc21)OC(=O)C=C. The first-order chi connectivity index (χ1) is 22.7. The van der Waals surface area contributed by atoms with Gasteiger partial charge in [0.05, 0.1) is 5.56 Å². The molecule has 3 heterocycles. The van der Waals surface area contributed by atoms with Gasteiger partial charge in [0.15, 0.2) is 6.10 Å². The second-order valence-electron chi connectivity index (χ2n) is 11.0. The van der Waals surface area contributed by atoms with Crippen molar-refractivity contribution >= 4 is 41.9 Å². The van der Waals surface area contributed by atoms with Crippen molar-refractivity contribution in [2.75, 3.05) is 31.2 Å². The number of benzene rings is 2. The highest BCUT2D eigenvalue weighted by atomic mass is 16.6. The van der Waals surface area contributed by atoms with Crippen LogP contribution in [0, 0.1) is 6.92 Å². The minimum atomic E-state index is -1.49. The highest BCUT2D eigenvalue weighted by Crippen LogP contribution is 2.52. The monoisotopic (exact) mass is 635 g/mol. The van der Waals surface area contributed by atoms with Crippen LogP contribution in [0.15, 0.2) is 86.1 Å². The Kier molecular flexibility index (Phi) is 9.84. The molecule has 11 heteroatoms. The van der Waals surface area contributed by atoms with Crippen molar-refractivity contribution in [2.24, 2.45) is 0 Å². The third kappa shape index (κ3) is 6.01. The fourth-order valence-corrected chi connectivity index (χ4v) is 6.31. The van der Waals surface area contributed by atoms with Crippen LogP contribution in [0.2, 0.25) is 6.82 Å². The first-order valence-electron chi connectivity index (χ1n) is 15.6. The normalized spacial score (nSPS) is 15.7. The average molecular weight is 636 g/mol. The standard InChI is InChI=1S/C36H38BN3O7/c1-7-31(41)45-22-25(46-32(42)8-2)21-44-30-20-24(39(9-3)10-4)17-18-28(30)36(34-27(35(43)47-36)15-13-19-38-34)33-23(5)40(37-6)29-16-12-11-14-26(29)33/h7-8,11-20,25,37H,1-2,9-10,21-22H2,3-6H3. The summed E-state index contributed by atoms with van der Waals surface area (Å²) in [6.45, 7) is 16.1. The summed E-state index contributed by atoms with van der Waals surface area (Å²) in [7, 11) is 0.690. The zero-order valence-electron chi connectivity index (χ0n) is 27.2. The van der Waals surface area contributed by atoms with E-state index in [0.29, 0.717) is 30.0 Å². The van der Waals surface area contributed by atoms with Gasteiger partial charge >= 0.3 is 17.9 Å². The van der Waals surface area contributed by atoms with Gasteiger partial charge in [-0.3, -0.25) is 4.98 Å². The maximum absolute atomic E-state index is 13.7. The first-order valence-corrected chi connectivity index (χ1v) is 15.6. The molecular weight excluding hydrogens is 597 g/mol. The highest BCUT2D eigenvalue weighted by molar-refractivity contribution is 6.34. The summed E-state index contributed by atoms with van der Waals surface area (Å²) in [6, 6.07) is 17.2. The molecule has 0 saturated heterocycles. The largest absolute Gasteiger partial charge is 0.489 e. The van der Waals surface area contributed by atoms with Gasteiger partial charge in [-0.15, -0.1) is 0 Å². The molecule has 2 unspecified atom stereocenters. The van der Waals surface area contributed by atoms with E-state index in [2.05, 4.69) is 43.2 Å². The van der Waals surface area contributed by atoms with Gasteiger partial charge in [-0.2, -0.15) is 0 Å². The van der Waals surface area contributed by atoms with Crippen LogP contribution in [-0.4, -0.2) is 67.2 Å². The number of hydrogen-bond acceptors (Lipinski definition) is 9. The lowest BCUT2D eigenvalue weighted by molar-refractivity contribution is -0.154. The minimum absolute atomic E-state index is 0.187. The Morgan fingerprint density at radius 1 is 1.06 bits per heavy atom. The van der Waals surface area contributed by atoms with E-state index in [9.17, 15) is 14.4 Å². The number of para-hydroxylation sites is 1. The topological polar surface area (TPSA) is 109 Å². The number of anilines is 1. The lowest BCUT2D eigenvalue weighted by atomic mass is 9.80. The Hall–Kier alpha value is -5.32. The smallest absolute Gasteiger partial charge is 0.341 e. The quantitative estimate of drug-likeness (QED) is 0.0809. The Bertz CT molecular complexity index is 1850. The summed E-state index contributed by atoms with van der Waals surface area (Å²) in [6.07, 6.45) is 2.71. The van der Waals surface area contributed by atoms with Gasteiger partial charge in [0.25, 0.3) is 0 Å². The molecule has 1 aliphatic rings. The molecule has 0 radical (unpaired) electrons. The number of hydrogen-bond donors (Lipinski definition) is 0. The molecule has 47 heavy (non-hydrogen) atoms. The Labute approximate surface area is 274 Å². The van der Waals surface area contributed by atoms with Gasteiger partial charge in [-0.05, 0) is 51.1 Å². The molecule has 2 atom stereocenters. The van der Waals surface area contributed by atoms with Crippen molar-refractivity contribution in [2.45, 2.75) is 39.3 Å². The molecule has 5 rings (SSSR count). The Balaban J connectivity index is 1.75. The van der Waals surface area contributed by atoms with Crippen LogP contribution in [0.4, 0.5) is 5.69 Å². The predicted octanol–water partition coefficient (Wildman–Crippen LogP) is 5.11. The molecule has 0 aliphatic carbocycles. The maximum atomic E-state index is 13.7. The van der Waals surface area contributed by atoms with Crippen LogP contribution in [0.5, 0.6) is 5.75 Å². The summed E-state index contributed by atoms with van der Waals surface area (Å²) < 4.78 is 25.9. The number of carbonyl (C=O) groups excluding carboxylic acids is 3. The van der Waals surface area contributed by atoms with E-state index in [4.69, 9.17) is 23.9 Å². The molecule has 0 N–H and O–H groups in total. The number of aromatic nitrogens is 2. The lowest BCUT2D eigenvalue weighted by Gasteiger charge is -2.32. The lowest BCUT2D eigenvalue weighted by Crippen LogP contribution is -2.34. The second-order valence-corrected chi connectivity index (χ2v) is 11.0. The maximum Gasteiger partial charge on any atom is 0.341 e. The zero-order valence-corrected chi connectivity index (χ0v) is 27.2. The van der Waals surface area contributed by atoms with Gasteiger partial charge in [0.2, 0.25) is 13.0 Å². The molecule has 0 amide bonds. The van der Waals surface area contributed by atoms with Crippen LogP contribution in [0.3, 0.4) is 0 Å². The molecule has 4 aromatic rings. The van der Waals surface area contributed by atoms with E-state index in [1.54, 1.807) is 18.3 Å². The van der Waals surface area contributed by atoms with Gasteiger partial charge in [-0.1, -0.05) is 38.2 Å². The van der Waals surface area contributed by atoms with Crippen molar-refractivity contribution in [3.63, 3.8) is 0 Å². The van der Waals surface area contributed by atoms with Crippen LogP contribution in [0.25, 0.3) is 10.9 Å². The third-order valence-electron chi connectivity index (χ3n) is 8.43. The fourth-order valence-electron chi connectivity index (χ4n) is 6.31. The summed E-state index contributed by atoms with van der Waals surface area (Å²) >= 11 is 0. The van der Waals surface area contributed by atoms with Crippen molar-refractivity contribution in [1.29, 1.82) is 0 Å². The van der Waals surface area contributed by atoms with E-state index in [1.165, 1.54) is 0 Å². The number of ether oxygens (including phenoxy) is 4. The molecule has 2 aromatic heterocycles. The Morgan fingerprint density at radius 2 is 1.81 bits per heavy atom. The van der Waals surface area contributed by atoms with Crippen LogP contribution in [0.1, 0.15) is 46.7 Å². The van der Waals surface area contributed by atoms with Crippen molar-refractivity contribution in [3.8, 4) is 5.75 Å². The van der Waals surface area contributed by atoms with E-state index >= 15 is 0 Å². The summed E-state index contributed by atoms with van der Waals surface area (Å²) in [4.78, 5) is 44.7. The van der Waals surface area contributed by atoms with Crippen LogP contribution >= 0.6 is 0 Å². The van der Waals surface area contributed by atoms with Crippen LogP contribution in [-0.2, 0) is 29.4 Å². The highest BCUT2D eigenvalue weighted by Gasteiger charge is 2.54. The molecule has 1 aliphatic heterocycles. The molecule has 0 fully saturated rings. The summed E-state index contributed by atoms with van der Waals surface area (Å²) in [5, 5.41) is 0.908. The summed E-state index contributed by atoms with van der Waals surface area (Å²) in [5.41, 5.74) is 3.40. The molecule has 0 bridgehead atoms. The number of rotatable bonds is 14. The minimum Gasteiger partial charge on any atom is -0.489 e. The number of cyclic esters (lactones) is 1. The van der Waals surface area contributed by atoms with Crippen LogP contribution < -0.4 is 9.64 Å². The second kappa shape index (κ2) is 14.0. The van der Waals surface area contributed by atoms with Crippen molar-refractivity contribution in [3.05, 3.63) is 114 Å². The molecule has 0 spiro atoms.